The predicted molar refractivity (Wildman–Crippen MR) is 104 cm³/mol. The van der Waals surface area contributed by atoms with Gasteiger partial charge in [-0.25, -0.2) is 0 Å². The molecule has 5 nitrogen and oxygen atoms in total. The number of para-hydroxylation sites is 1. The largest absolute Gasteiger partial charge is 0.497 e. The topological polar surface area (TPSA) is 64.1 Å². The van der Waals surface area contributed by atoms with Crippen molar-refractivity contribution in [3.63, 3.8) is 0 Å². The average Bonchev–Trinajstić information content (AvgIpc) is 3.02. The van der Waals surface area contributed by atoms with Crippen LogP contribution in [0.25, 0.3) is 0 Å². The van der Waals surface area contributed by atoms with Gasteiger partial charge in [0.2, 0.25) is 0 Å². The van der Waals surface area contributed by atoms with Crippen molar-refractivity contribution >= 4 is 23.1 Å². The van der Waals surface area contributed by atoms with Crippen molar-refractivity contribution in [2.45, 2.75) is 26.7 Å². The number of anilines is 1. The molecule has 3 rings (SSSR count). The third-order valence-corrected chi connectivity index (χ3v) is 5.11. The van der Waals surface area contributed by atoms with Gasteiger partial charge in [-0.1, -0.05) is 25.1 Å². The SMILES string of the molecule is CCc1ccccc1NC(=O)c1c(C)nsc1Cc1cc(OC)ccn1. The Hall–Kier alpha value is -2.73. The van der Waals surface area contributed by atoms with Crippen LogP contribution in [0.5, 0.6) is 5.75 Å². The van der Waals surface area contributed by atoms with E-state index in [9.17, 15) is 4.79 Å². The number of methoxy groups -OCH3 is 1. The minimum atomic E-state index is -0.130. The van der Waals surface area contributed by atoms with Crippen LogP contribution in [-0.4, -0.2) is 22.4 Å². The highest BCUT2D eigenvalue weighted by Gasteiger charge is 2.20. The summed E-state index contributed by atoms with van der Waals surface area (Å²) in [6, 6.07) is 11.5. The highest BCUT2D eigenvalue weighted by molar-refractivity contribution is 7.06. The molecule has 0 radical (unpaired) electrons. The Balaban J connectivity index is 1.86. The van der Waals surface area contributed by atoms with Crippen LogP contribution in [0.3, 0.4) is 0 Å². The van der Waals surface area contributed by atoms with E-state index >= 15 is 0 Å². The summed E-state index contributed by atoms with van der Waals surface area (Å²) >= 11 is 1.34. The van der Waals surface area contributed by atoms with Crippen LogP contribution in [0.2, 0.25) is 0 Å². The number of hydrogen-bond acceptors (Lipinski definition) is 5. The van der Waals surface area contributed by atoms with Crippen LogP contribution in [0, 0.1) is 6.92 Å². The summed E-state index contributed by atoms with van der Waals surface area (Å²) in [6.07, 6.45) is 3.11. The Morgan fingerprint density at radius 1 is 1.27 bits per heavy atom. The van der Waals surface area contributed by atoms with Crippen LogP contribution >= 0.6 is 11.5 Å². The average molecular weight is 367 g/mol. The maximum absolute atomic E-state index is 12.9. The van der Waals surface area contributed by atoms with Gasteiger partial charge in [0.05, 0.1) is 18.4 Å². The molecule has 0 saturated heterocycles. The summed E-state index contributed by atoms with van der Waals surface area (Å²) in [4.78, 5) is 18.2. The summed E-state index contributed by atoms with van der Waals surface area (Å²) in [5.41, 5.74) is 4.16. The fourth-order valence-corrected chi connectivity index (χ4v) is 3.69. The molecule has 3 aromatic rings. The lowest BCUT2D eigenvalue weighted by Crippen LogP contribution is -2.15. The van der Waals surface area contributed by atoms with E-state index in [1.54, 1.807) is 19.4 Å². The molecular weight excluding hydrogens is 346 g/mol. The van der Waals surface area contributed by atoms with Gasteiger partial charge in [-0.2, -0.15) is 4.37 Å². The zero-order valence-electron chi connectivity index (χ0n) is 15.1. The molecule has 0 fully saturated rings. The highest BCUT2D eigenvalue weighted by atomic mass is 32.1. The molecule has 0 aliphatic carbocycles. The molecule has 0 saturated carbocycles. The fourth-order valence-electron chi connectivity index (χ4n) is 2.81. The van der Waals surface area contributed by atoms with E-state index in [-0.39, 0.29) is 5.91 Å². The molecule has 0 atom stereocenters. The molecule has 1 amide bonds. The van der Waals surface area contributed by atoms with Gasteiger partial charge in [0.1, 0.15) is 5.75 Å². The van der Waals surface area contributed by atoms with E-state index in [0.29, 0.717) is 12.0 Å². The lowest BCUT2D eigenvalue weighted by atomic mass is 10.1. The zero-order chi connectivity index (χ0) is 18.5. The van der Waals surface area contributed by atoms with E-state index in [4.69, 9.17) is 4.74 Å². The first-order chi connectivity index (χ1) is 12.6. The lowest BCUT2D eigenvalue weighted by Gasteiger charge is -2.10. The van der Waals surface area contributed by atoms with E-state index in [0.717, 1.165) is 39.7 Å². The molecule has 0 aliphatic heterocycles. The first-order valence-corrected chi connectivity index (χ1v) is 9.23. The van der Waals surface area contributed by atoms with Crippen molar-refractivity contribution in [2.75, 3.05) is 12.4 Å². The van der Waals surface area contributed by atoms with E-state index < -0.39 is 0 Å². The minimum absolute atomic E-state index is 0.130. The van der Waals surface area contributed by atoms with E-state index in [2.05, 4.69) is 21.6 Å². The second-order valence-electron chi connectivity index (χ2n) is 5.89. The number of carbonyl (C=O) groups excluding carboxylic acids is 1. The Kier molecular flexibility index (Phi) is 5.63. The van der Waals surface area contributed by atoms with Crippen LogP contribution in [0.15, 0.2) is 42.6 Å². The van der Waals surface area contributed by atoms with Gasteiger partial charge in [-0.05, 0) is 42.6 Å². The number of ether oxygens (including phenoxy) is 1. The molecule has 0 unspecified atom stereocenters. The Morgan fingerprint density at radius 2 is 2.08 bits per heavy atom. The number of rotatable bonds is 6. The molecule has 1 aromatic carbocycles. The minimum Gasteiger partial charge on any atom is -0.497 e. The number of aromatic nitrogens is 2. The van der Waals surface area contributed by atoms with Gasteiger partial charge in [0.15, 0.2) is 0 Å². The van der Waals surface area contributed by atoms with Crippen molar-refractivity contribution in [2.24, 2.45) is 0 Å². The van der Waals surface area contributed by atoms with Gasteiger partial charge in [0.25, 0.3) is 5.91 Å². The van der Waals surface area contributed by atoms with E-state index in [1.807, 2.05) is 37.3 Å². The molecule has 2 heterocycles. The standard InChI is InChI=1S/C20H21N3O2S/c1-4-14-7-5-6-8-17(14)22-20(24)19-13(2)23-26-18(19)12-15-11-16(25-3)9-10-21-15/h5-11H,4,12H2,1-3H3,(H,22,24). The smallest absolute Gasteiger partial charge is 0.258 e. The number of amides is 1. The maximum Gasteiger partial charge on any atom is 0.258 e. The van der Waals surface area contributed by atoms with E-state index in [1.165, 1.54) is 11.5 Å². The molecule has 26 heavy (non-hydrogen) atoms. The van der Waals surface area contributed by atoms with Crippen LogP contribution in [-0.2, 0) is 12.8 Å². The van der Waals surface area contributed by atoms with Crippen molar-refractivity contribution in [1.29, 1.82) is 0 Å². The van der Waals surface area contributed by atoms with Crippen molar-refractivity contribution in [3.05, 3.63) is 70.0 Å². The van der Waals surface area contributed by atoms with Gasteiger partial charge < -0.3 is 10.1 Å². The molecule has 0 spiro atoms. The Bertz CT molecular complexity index is 921. The number of pyridine rings is 1. The quantitative estimate of drug-likeness (QED) is 0.707. The summed E-state index contributed by atoms with van der Waals surface area (Å²) in [7, 11) is 1.63. The number of nitrogens with zero attached hydrogens (tertiary/aromatic N) is 2. The Morgan fingerprint density at radius 3 is 2.85 bits per heavy atom. The number of benzene rings is 1. The summed E-state index contributed by atoms with van der Waals surface area (Å²) < 4.78 is 9.63. The van der Waals surface area contributed by atoms with Crippen LogP contribution < -0.4 is 10.1 Å². The lowest BCUT2D eigenvalue weighted by molar-refractivity contribution is 0.102. The molecule has 2 aromatic heterocycles. The molecular formula is C20H21N3O2S. The van der Waals surface area contributed by atoms with Crippen molar-refractivity contribution in [3.8, 4) is 5.75 Å². The van der Waals surface area contributed by atoms with Crippen LogP contribution in [0.4, 0.5) is 5.69 Å². The molecule has 134 valence electrons. The number of hydrogen-bond donors (Lipinski definition) is 1. The normalized spacial score (nSPS) is 10.6. The monoisotopic (exact) mass is 367 g/mol. The second-order valence-corrected chi connectivity index (χ2v) is 6.75. The second kappa shape index (κ2) is 8.10. The van der Waals surface area contributed by atoms with Crippen molar-refractivity contribution in [1.82, 2.24) is 9.36 Å². The molecule has 6 heteroatoms. The number of carbonyl (C=O) groups is 1. The first kappa shape index (κ1) is 18.1. The van der Waals surface area contributed by atoms with Gasteiger partial charge in [-0.3, -0.25) is 9.78 Å². The third-order valence-electron chi connectivity index (χ3n) is 4.17. The predicted octanol–water partition coefficient (Wildman–Crippen LogP) is 4.26. The third kappa shape index (κ3) is 3.91. The number of aryl methyl sites for hydroxylation is 2. The highest BCUT2D eigenvalue weighted by Crippen LogP contribution is 2.25. The zero-order valence-corrected chi connectivity index (χ0v) is 15.9. The van der Waals surface area contributed by atoms with Gasteiger partial charge in [-0.15, -0.1) is 0 Å². The van der Waals surface area contributed by atoms with Crippen LogP contribution in [0.1, 0.15) is 39.1 Å². The molecule has 0 aliphatic rings. The van der Waals surface area contributed by atoms with Gasteiger partial charge >= 0.3 is 0 Å². The molecule has 0 bridgehead atoms. The Labute approximate surface area is 157 Å². The maximum atomic E-state index is 12.9. The molecule has 1 N–H and O–H groups in total. The number of nitrogens with one attached hydrogen (secondary N) is 1. The summed E-state index contributed by atoms with van der Waals surface area (Å²) in [6.45, 7) is 3.93. The summed E-state index contributed by atoms with van der Waals surface area (Å²) in [5, 5.41) is 3.04. The van der Waals surface area contributed by atoms with Gasteiger partial charge in [0, 0.05) is 34.9 Å². The fraction of sp³-hybridized carbons (Fsp3) is 0.250. The van der Waals surface area contributed by atoms with Crippen molar-refractivity contribution < 1.29 is 9.53 Å². The first-order valence-electron chi connectivity index (χ1n) is 8.45. The summed E-state index contributed by atoms with van der Waals surface area (Å²) in [5.74, 6) is 0.620.